The van der Waals surface area contributed by atoms with Crippen molar-refractivity contribution < 1.29 is 4.79 Å². The average molecular weight is 536 g/mol. The predicted molar refractivity (Wildman–Crippen MR) is 151 cm³/mol. The molecule has 1 saturated heterocycles. The molecule has 3 saturated carbocycles. The first-order valence-corrected chi connectivity index (χ1v) is 16.4. The molecule has 1 spiro atoms. The summed E-state index contributed by atoms with van der Waals surface area (Å²) in [6, 6.07) is 4.55. The van der Waals surface area contributed by atoms with E-state index in [1.54, 1.807) is 10.4 Å². The predicted octanol–water partition coefficient (Wildman–Crippen LogP) is 6.26. The van der Waals surface area contributed by atoms with Crippen molar-refractivity contribution in [1.82, 2.24) is 25.0 Å². The Bertz CT molecular complexity index is 1170. The molecule has 7 rings (SSSR count). The average Bonchev–Trinajstić information content (AvgIpc) is 3.67. The van der Waals surface area contributed by atoms with E-state index in [-0.39, 0.29) is 12.0 Å². The number of piperidine rings is 1. The number of carbonyl (C=O) groups is 1. The largest absolute Gasteiger partial charge is 0.348 e. The molecule has 3 heterocycles. The van der Waals surface area contributed by atoms with E-state index in [1.807, 2.05) is 11.3 Å². The van der Waals surface area contributed by atoms with Crippen LogP contribution in [0.15, 0.2) is 6.07 Å². The zero-order valence-corrected chi connectivity index (χ0v) is 24.4. The number of aromatic nitrogens is 3. The Morgan fingerprint density at radius 1 is 1.13 bits per heavy atom. The van der Waals surface area contributed by atoms with Crippen molar-refractivity contribution >= 4 is 17.2 Å². The van der Waals surface area contributed by atoms with E-state index < -0.39 is 0 Å². The Kier molecular flexibility index (Phi) is 6.46. The van der Waals surface area contributed by atoms with Crippen LogP contribution in [0, 0.1) is 18.3 Å². The molecule has 1 amide bonds. The Hall–Kier alpha value is -1.73. The van der Waals surface area contributed by atoms with Crippen LogP contribution in [0.25, 0.3) is 0 Å². The lowest BCUT2D eigenvalue weighted by Crippen LogP contribution is -2.74. The lowest BCUT2D eigenvalue weighted by Gasteiger charge is -2.68. The van der Waals surface area contributed by atoms with Gasteiger partial charge in [-0.1, -0.05) is 33.1 Å². The molecule has 1 N–H and O–H groups in total. The van der Waals surface area contributed by atoms with Gasteiger partial charge in [-0.25, -0.2) is 0 Å². The number of aryl methyl sites for hydroxylation is 3. The minimum Gasteiger partial charge on any atom is -0.348 e. The van der Waals surface area contributed by atoms with Gasteiger partial charge in [0.2, 0.25) is 5.91 Å². The van der Waals surface area contributed by atoms with Crippen molar-refractivity contribution in [3.05, 3.63) is 33.0 Å². The van der Waals surface area contributed by atoms with E-state index in [4.69, 9.17) is 0 Å². The number of nitrogens with zero attached hydrogens (tertiary/aromatic N) is 4. The van der Waals surface area contributed by atoms with Crippen molar-refractivity contribution in [2.24, 2.45) is 11.3 Å². The molecule has 2 aromatic heterocycles. The summed E-state index contributed by atoms with van der Waals surface area (Å²) in [5.41, 5.74) is 2.06. The zero-order valence-electron chi connectivity index (χ0n) is 23.5. The maximum Gasteiger partial charge on any atom is 0.223 e. The van der Waals surface area contributed by atoms with Crippen molar-refractivity contribution in [2.45, 2.75) is 134 Å². The first-order valence-electron chi connectivity index (χ1n) is 15.5. The van der Waals surface area contributed by atoms with Crippen LogP contribution in [0.5, 0.6) is 0 Å². The third kappa shape index (κ3) is 4.01. The molecule has 4 aliphatic carbocycles. The number of likely N-dealkylation sites (tertiary alicyclic amines) is 1. The van der Waals surface area contributed by atoms with Crippen molar-refractivity contribution in [3.63, 3.8) is 0 Å². The molecule has 5 aliphatic rings. The molecule has 6 nitrogen and oxygen atoms in total. The second-order valence-electron chi connectivity index (χ2n) is 13.4. The number of amides is 1. The number of carbonyl (C=O) groups excluding carboxylic acids is 1. The second-order valence-corrected chi connectivity index (χ2v) is 14.6. The number of hydrogen-bond acceptors (Lipinski definition) is 5. The van der Waals surface area contributed by atoms with Gasteiger partial charge < -0.3 is 9.88 Å². The Labute approximate surface area is 232 Å². The van der Waals surface area contributed by atoms with Crippen LogP contribution >= 0.6 is 11.3 Å². The Balaban J connectivity index is 1.06. The van der Waals surface area contributed by atoms with Gasteiger partial charge in [-0.2, -0.15) is 0 Å². The summed E-state index contributed by atoms with van der Waals surface area (Å²) in [5, 5.41) is 12.6. The van der Waals surface area contributed by atoms with Gasteiger partial charge in [0.15, 0.2) is 0 Å². The van der Waals surface area contributed by atoms with E-state index in [0.29, 0.717) is 29.3 Å². The number of rotatable bonds is 8. The number of fused-ring (bicyclic) bond motifs is 1. The van der Waals surface area contributed by atoms with Crippen LogP contribution in [-0.2, 0) is 17.6 Å². The third-order valence-electron chi connectivity index (χ3n) is 11.0. The summed E-state index contributed by atoms with van der Waals surface area (Å²) < 4.78 is 2.48. The first kappa shape index (κ1) is 25.3. The number of hydrogen-bond donors (Lipinski definition) is 1. The fourth-order valence-corrected chi connectivity index (χ4v) is 10.3. The Morgan fingerprint density at radius 3 is 2.71 bits per heavy atom. The highest BCUT2D eigenvalue weighted by Crippen LogP contribution is 2.67. The molecule has 0 bridgehead atoms. The molecular weight excluding hydrogens is 490 g/mol. The second kappa shape index (κ2) is 9.72. The molecule has 5 atom stereocenters. The molecule has 0 radical (unpaired) electrons. The van der Waals surface area contributed by atoms with Crippen LogP contribution in [0.1, 0.15) is 129 Å². The van der Waals surface area contributed by atoms with Gasteiger partial charge in [0, 0.05) is 51.7 Å². The topological polar surface area (TPSA) is 63.1 Å². The molecule has 38 heavy (non-hydrogen) atoms. The quantitative estimate of drug-likeness (QED) is 0.434. The van der Waals surface area contributed by atoms with Gasteiger partial charge in [0.05, 0.1) is 6.04 Å². The number of nitrogens with one attached hydrogen (secondary N) is 1. The lowest BCUT2D eigenvalue weighted by molar-refractivity contribution is -0.188. The molecule has 4 unspecified atom stereocenters. The fraction of sp³-hybridized carbons (Fsp3) is 0.774. The maximum absolute atomic E-state index is 13.4. The zero-order chi connectivity index (χ0) is 26.0. The summed E-state index contributed by atoms with van der Waals surface area (Å²) >= 11 is 1.98. The lowest BCUT2D eigenvalue weighted by atomic mass is 9.53. The van der Waals surface area contributed by atoms with E-state index in [9.17, 15) is 4.79 Å². The van der Waals surface area contributed by atoms with Crippen LogP contribution in [0.4, 0.5) is 0 Å². The summed E-state index contributed by atoms with van der Waals surface area (Å²) in [5.74, 6) is 3.18. The SMILES string of the molecule is Cc1nnc(C(C)C)n1C1CC2N(CC[C@H](NC(=O)C3CCCCC3)c3cc4c(s3)CCC4)C3CCC32C1. The van der Waals surface area contributed by atoms with E-state index in [2.05, 4.69) is 51.8 Å². The minimum absolute atomic E-state index is 0.167. The maximum atomic E-state index is 13.4. The number of thiophene rings is 1. The normalized spacial score (nSPS) is 31.4. The van der Waals surface area contributed by atoms with Crippen LogP contribution in [0.3, 0.4) is 0 Å². The van der Waals surface area contributed by atoms with Gasteiger partial charge in [0.1, 0.15) is 11.6 Å². The van der Waals surface area contributed by atoms with E-state index >= 15 is 0 Å². The monoisotopic (exact) mass is 535 g/mol. The highest BCUT2D eigenvalue weighted by molar-refractivity contribution is 7.12. The molecule has 206 valence electrons. The minimum atomic E-state index is 0.167. The first-order chi connectivity index (χ1) is 18.4. The highest BCUT2D eigenvalue weighted by Gasteiger charge is 2.69. The summed E-state index contributed by atoms with van der Waals surface area (Å²) in [4.78, 5) is 19.2. The van der Waals surface area contributed by atoms with E-state index in [0.717, 1.165) is 43.5 Å². The smallest absolute Gasteiger partial charge is 0.223 e. The van der Waals surface area contributed by atoms with Crippen molar-refractivity contribution in [2.75, 3.05) is 6.54 Å². The van der Waals surface area contributed by atoms with Gasteiger partial charge in [-0.05, 0) is 82.8 Å². The van der Waals surface area contributed by atoms with Crippen molar-refractivity contribution in [1.29, 1.82) is 0 Å². The molecule has 1 aliphatic heterocycles. The molecule has 4 fully saturated rings. The van der Waals surface area contributed by atoms with Gasteiger partial charge in [-0.15, -0.1) is 21.5 Å². The van der Waals surface area contributed by atoms with Gasteiger partial charge in [-0.3, -0.25) is 9.69 Å². The Morgan fingerprint density at radius 2 is 1.97 bits per heavy atom. The standard InChI is InChI=1S/C31H45N5OS/c1-19(2)29-34-33-20(3)36(29)23-17-28-31(18-23)14-12-27(31)35(28)15-13-24(26-16-22-10-7-11-25(22)38-26)32-30(37)21-8-5-4-6-9-21/h16,19,21,23-24,27-28H,4-15,17-18H2,1-3H3,(H,32,37)/t23?,24-,27?,28?,31?/m0/s1. The van der Waals surface area contributed by atoms with Crippen LogP contribution in [0.2, 0.25) is 0 Å². The summed E-state index contributed by atoms with van der Waals surface area (Å²) in [7, 11) is 0. The fourth-order valence-electron chi connectivity index (χ4n) is 9.00. The summed E-state index contributed by atoms with van der Waals surface area (Å²) in [6.45, 7) is 7.70. The highest BCUT2D eigenvalue weighted by atomic mass is 32.1. The summed E-state index contributed by atoms with van der Waals surface area (Å²) in [6.07, 6.45) is 15.9. The third-order valence-corrected chi connectivity index (χ3v) is 12.3. The molecule has 0 aromatic carbocycles. The van der Waals surface area contributed by atoms with Crippen LogP contribution < -0.4 is 5.32 Å². The van der Waals surface area contributed by atoms with Crippen molar-refractivity contribution in [3.8, 4) is 0 Å². The van der Waals surface area contributed by atoms with E-state index in [1.165, 1.54) is 69.1 Å². The molecule has 7 heteroatoms. The van der Waals surface area contributed by atoms with Gasteiger partial charge >= 0.3 is 0 Å². The molecular formula is C31H45N5OS. The van der Waals surface area contributed by atoms with Gasteiger partial charge in [0.25, 0.3) is 0 Å². The van der Waals surface area contributed by atoms with Crippen LogP contribution in [-0.4, -0.2) is 44.2 Å². The molecule has 2 aromatic rings.